The molecule has 0 N–H and O–H groups in total. The number of aromatic nitrogens is 6. The smallest absolute Gasteiger partial charge is 0.255 e. The number of hydrogen-bond donors (Lipinski definition) is 0. The maximum absolute atomic E-state index is 14.4. The average molecular weight is 602 g/mol. The summed E-state index contributed by atoms with van der Waals surface area (Å²) in [5, 5.41) is 12.0. The molecule has 8 nitrogen and oxygen atoms in total. The van der Waals surface area contributed by atoms with E-state index in [9.17, 15) is 4.79 Å². The van der Waals surface area contributed by atoms with Gasteiger partial charge in [0.25, 0.3) is 11.9 Å². The fraction of sp³-hybridized carbons (Fsp3) is 0.188. The van der Waals surface area contributed by atoms with Crippen LogP contribution in [0.2, 0.25) is 0 Å². The number of benzene rings is 3. The maximum Gasteiger partial charge on any atom is 0.255 e. The molecule has 1 saturated carbocycles. The third kappa shape index (κ3) is 3.94. The topological polar surface area (TPSA) is 89.7 Å². The molecule has 1 atom stereocenters. The van der Waals surface area contributed by atoms with E-state index < -0.39 is 0 Å². The van der Waals surface area contributed by atoms with Crippen molar-refractivity contribution >= 4 is 43.5 Å². The summed E-state index contributed by atoms with van der Waals surface area (Å²) in [5.41, 5.74) is 3.97. The Kier molecular flexibility index (Phi) is 5.50. The molecule has 0 radical (unpaired) electrons. The highest BCUT2D eigenvalue weighted by Crippen LogP contribution is 2.57. The van der Waals surface area contributed by atoms with E-state index in [1.807, 2.05) is 54.7 Å². The van der Waals surface area contributed by atoms with Crippen LogP contribution in [0.1, 0.15) is 41.2 Å². The first-order chi connectivity index (χ1) is 20.1. The van der Waals surface area contributed by atoms with Crippen molar-refractivity contribution in [1.29, 1.82) is 0 Å². The minimum atomic E-state index is -0.248. The predicted molar refractivity (Wildman–Crippen MR) is 160 cm³/mol. The highest BCUT2D eigenvalue weighted by Gasteiger charge is 2.60. The van der Waals surface area contributed by atoms with Gasteiger partial charge in [-0.1, -0.05) is 65.9 Å². The quantitative estimate of drug-likeness (QED) is 0.234. The summed E-state index contributed by atoms with van der Waals surface area (Å²) < 4.78 is 2.41. The molecule has 1 saturated heterocycles. The highest BCUT2D eigenvalue weighted by atomic mass is 79.9. The van der Waals surface area contributed by atoms with Crippen molar-refractivity contribution in [2.24, 2.45) is 0 Å². The third-order valence-electron chi connectivity index (χ3n) is 8.53. The van der Waals surface area contributed by atoms with Crippen molar-refractivity contribution in [3.05, 3.63) is 107 Å². The molecule has 8 rings (SSSR count). The van der Waals surface area contributed by atoms with Gasteiger partial charge < -0.3 is 4.90 Å². The van der Waals surface area contributed by atoms with Crippen molar-refractivity contribution in [3.63, 3.8) is 0 Å². The van der Waals surface area contributed by atoms with E-state index in [0.717, 1.165) is 62.4 Å². The van der Waals surface area contributed by atoms with Gasteiger partial charge in [0.2, 0.25) is 0 Å². The van der Waals surface area contributed by atoms with Crippen molar-refractivity contribution in [3.8, 4) is 17.2 Å². The zero-order valence-corrected chi connectivity index (χ0v) is 23.6. The summed E-state index contributed by atoms with van der Waals surface area (Å²) >= 11 is 3.37. The number of fused-ring (bicyclic) bond motifs is 2. The number of pyridine rings is 1. The Morgan fingerprint density at radius 2 is 1.68 bits per heavy atom. The zero-order chi connectivity index (χ0) is 27.6. The molecule has 3 aromatic carbocycles. The first kappa shape index (κ1) is 24.3. The Morgan fingerprint density at radius 1 is 0.927 bits per heavy atom. The first-order valence-electron chi connectivity index (χ1n) is 13.7. The summed E-state index contributed by atoms with van der Waals surface area (Å²) in [5.74, 6) is 0.627. The average Bonchev–Trinajstić information content (AvgIpc) is 3.49. The van der Waals surface area contributed by atoms with Gasteiger partial charge in [-0.25, -0.2) is 15.0 Å². The number of rotatable bonds is 4. The van der Waals surface area contributed by atoms with Crippen LogP contribution in [-0.4, -0.2) is 52.8 Å². The van der Waals surface area contributed by atoms with Crippen LogP contribution in [0.4, 0.5) is 0 Å². The molecular formula is C32H24BrN7O. The molecule has 3 aromatic heterocycles. The number of halogens is 1. The Labute approximate surface area is 244 Å². The maximum atomic E-state index is 14.4. The molecule has 6 aromatic rings. The van der Waals surface area contributed by atoms with Gasteiger partial charge in [0, 0.05) is 35.8 Å². The summed E-state index contributed by atoms with van der Waals surface area (Å²) in [6, 6.07) is 24.5. The van der Waals surface area contributed by atoms with Gasteiger partial charge in [-0.05, 0) is 58.1 Å². The Hall–Kier alpha value is -4.50. The first-order valence-corrected chi connectivity index (χ1v) is 14.5. The molecule has 1 spiro atoms. The van der Waals surface area contributed by atoms with E-state index in [-0.39, 0.29) is 17.4 Å². The second-order valence-electron chi connectivity index (χ2n) is 10.8. The molecule has 1 aliphatic heterocycles. The number of nitrogens with zero attached hydrogens (tertiary/aromatic N) is 7. The number of amides is 1. The van der Waals surface area contributed by atoms with Gasteiger partial charge in [-0.3, -0.25) is 4.79 Å². The van der Waals surface area contributed by atoms with Crippen molar-refractivity contribution < 1.29 is 4.79 Å². The van der Waals surface area contributed by atoms with E-state index in [2.05, 4.69) is 65.4 Å². The SMILES string of the molecule is O=C(c1cc(-c2cccc3ccccc23)nc2ccccc12)N1CCC(c2cn(-c3ncc(Br)cn3)nn2)C12CC2. The van der Waals surface area contributed by atoms with E-state index >= 15 is 0 Å². The van der Waals surface area contributed by atoms with Crippen LogP contribution in [0.15, 0.2) is 95.9 Å². The number of likely N-dealkylation sites (tertiary alicyclic amines) is 1. The molecular weight excluding hydrogens is 578 g/mol. The lowest BCUT2D eigenvalue weighted by atomic mass is 9.94. The van der Waals surface area contributed by atoms with E-state index in [0.29, 0.717) is 18.1 Å². The molecule has 1 aliphatic carbocycles. The minimum absolute atomic E-state index is 0.0497. The molecule has 41 heavy (non-hydrogen) atoms. The summed E-state index contributed by atoms with van der Waals surface area (Å²) in [7, 11) is 0. The second kappa shape index (κ2) is 9.27. The fourth-order valence-electron chi connectivity index (χ4n) is 6.45. The highest BCUT2D eigenvalue weighted by molar-refractivity contribution is 9.10. The predicted octanol–water partition coefficient (Wildman–Crippen LogP) is 6.35. The molecule has 1 unspecified atom stereocenters. The third-order valence-corrected chi connectivity index (χ3v) is 8.94. The molecule has 4 heterocycles. The zero-order valence-electron chi connectivity index (χ0n) is 22.0. The van der Waals surface area contributed by atoms with Gasteiger partial charge in [0.1, 0.15) is 0 Å². The van der Waals surface area contributed by atoms with Crippen LogP contribution in [0.25, 0.3) is 38.9 Å². The number of para-hydroxylation sites is 1. The molecule has 1 amide bonds. The van der Waals surface area contributed by atoms with Crippen LogP contribution < -0.4 is 0 Å². The monoisotopic (exact) mass is 601 g/mol. The van der Waals surface area contributed by atoms with Crippen molar-refractivity contribution in [2.45, 2.75) is 30.7 Å². The second-order valence-corrected chi connectivity index (χ2v) is 11.7. The summed E-state index contributed by atoms with van der Waals surface area (Å²) in [6.07, 6.45) is 8.02. The lowest BCUT2D eigenvalue weighted by Gasteiger charge is -2.28. The van der Waals surface area contributed by atoms with Gasteiger partial charge in [-0.15, -0.1) is 5.10 Å². The van der Waals surface area contributed by atoms with Crippen LogP contribution in [0, 0.1) is 0 Å². The van der Waals surface area contributed by atoms with E-state index in [1.165, 1.54) is 0 Å². The van der Waals surface area contributed by atoms with Crippen LogP contribution in [0.3, 0.4) is 0 Å². The molecule has 9 heteroatoms. The Bertz CT molecular complexity index is 1960. The van der Waals surface area contributed by atoms with Gasteiger partial charge >= 0.3 is 0 Å². The Morgan fingerprint density at radius 3 is 2.51 bits per heavy atom. The van der Waals surface area contributed by atoms with Gasteiger partial charge in [0.15, 0.2) is 0 Å². The van der Waals surface area contributed by atoms with Gasteiger partial charge in [-0.2, -0.15) is 4.68 Å². The number of hydrogen-bond acceptors (Lipinski definition) is 6. The fourth-order valence-corrected chi connectivity index (χ4v) is 6.66. The molecule has 2 fully saturated rings. The molecule has 200 valence electrons. The lowest BCUT2D eigenvalue weighted by Crippen LogP contribution is -2.39. The van der Waals surface area contributed by atoms with Crippen LogP contribution in [0.5, 0.6) is 0 Å². The molecule has 0 bridgehead atoms. The summed E-state index contributed by atoms with van der Waals surface area (Å²) in [6.45, 7) is 0.672. The van der Waals surface area contributed by atoms with E-state index in [1.54, 1.807) is 17.1 Å². The van der Waals surface area contributed by atoms with Crippen LogP contribution >= 0.6 is 15.9 Å². The van der Waals surface area contributed by atoms with Crippen LogP contribution in [-0.2, 0) is 0 Å². The van der Waals surface area contributed by atoms with E-state index in [4.69, 9.17) is 4.98 Å². The minimum Gasteiger partial charge on any atom is -0.332 e. The lowest BCUT2D eigenvalue weighted by molar-refractivity contribution is 0.0711. The molecule has 2 aliphatic rings. The standard InChI is InChI=1S/C32H24BrN7O/c33-21-17-34-31(35-18-21)40-19-29(37-38-40)26-12-15-39(32(26)13-14-32)30(41)25-16-28(36-27-11-4-3-9-24(25)27)23-10-5-7-20-6-1-2-8-22(20)23/h1-11,16-19,26H,12-15H2. The normalized spacial score (nSPS) is 17.5. The van der Waals surface area contributed by atoms with Crippen molar-refractivity contribution in [2.75, 3.05) is 6.54 Å². The largest absolute Gasteiger partial charge is 0.332 e. The number of carbonyl (C=O) groups excluding carboxylic acids is 1. The number of carbonyl (C=O) groups is 1. The Balaban J connectivity index is 1.17. The van der Waals surface area contributed by atoms with Gasteiger partial charge in [0.05, 0.1) is 38.7 Å². The summed E-state index contributed by atoms with van der Waals surface area (Å²) in [4.78, 5) is 30.2. The van der Waals surface area contributed by atoms with Crippen molar-refractivity contribution in [1.82, 2.24) is 34.8 Å².